The molecule has 0 radical (unpaired) electrons. The Bertz CT molecular complexity index is 979. The fourth-order valence-electron chi connectivity index (χ4n) is 3.11. The van der Waals surface area contributed by atoms with E-state index >= 15 is 0 Å². The Morgan fingerprint density at radius 2 is 1.81 bits per heavy atom. The van der Waals surface area contributed by atoms with Crippen molar-refractivity contribution in [3.8, 4) is 0 Å². The lowest BCUT2D eigenvalue weighted by atomic mass is 10.1. The maximum absolute atomic E-state index is 12.6. The first-order chi connectivity index (χ1) is 13.0. The molecule has 0 saturated heterocycles. The quantitative estimate of drug-likeness (QED) is 0.718. The zero-order chi connectivity index (χ0) is 19.4. The maximum atomic E-state index is 12.6. The van der Waals surface area contributed by atoms with Crippen molar-refractivity contribution in [3.05, 3.63) is 71.3 Å². The molecule has 0 fully saturated rings. The molecule has 0 saturated carbocycles. The van der Waals surface area contributed by atoms with E-state index in [1.54, 1.807) is 26.0 Å². The normalized spacial score (nSPS) is 13.2. The summed E-state index contributed by atoms with van der Waals surface area (Å²) in [4.78, 5) is 12.6. The Kier molecular flexibility index (Phi) is 5.62. The van der Waals surface area contributed by atoms with Gasteiger partial charge < -0.3 is 0 Å². The van der Waals surface area contributed by atoms with Crippen molar-refractivity contribution in [3.63, 3.8) is 0 Å². The average molecular weight is 385 g/mol. The van der Waals surface area contributed by atoms with Crippen molar-refractivity contribution in [2.24, 2.45) is 0 Å². The zero-order valence-corrected chi connectivity index (χ0v) is 16.2. The van der Waals surface area contributed by atoms with Gasteiger partial charge in [0.25, 0.3) is 5.91 Å². The van der Waals surface area contributed by atoms with Crippen LogP contribution >= 0.6 is 0 Å². The lowest BCUT2D eigenvalue weighted by Crippen LogP contribution is -2.36. The number of carbonyl (C=O) groups is 1. The van der Waals surface area contributed by atoms with Crippen LogP contribution in [0.5, 0.6) is 0 Å². The molecule has 142 valence electrons. The lowest BCUT2D eigenvalue weighted by molar-refractivity contribution is 0.0942. The van der Waals surface area contributed by atoms with E-state index in [9.17, 15) is 13.2 Å². The molecule has 2 aromatic carbocycles. The van der Waals surface area contributed by atoms with Gasteiger partial charge >= 0.3 is 0 Å². The number of rotatable bonds is 7. The number of sulfonamides is 1. The molecule has 27 heavy (non-hydrogen) atoms. The lowest BCUT2D eigenvalue weighted by Gasteiger charge is -2.18. The fourth-order valence-corrected chi connectivity index (χ4v) is 4.61. The Balaban J connectivity index is 1.73. The molecule has 7 heteroatoms. The van der Waals surface area contributed by atoms with E-state index in [1.807, 2.05) is 30.3 Å². The third-order valence-corrected chi connectivity index (χ3v) is 6.63. The second-order valence-electron chi connectivity index (χ2n) is 6.18. The minimum absolute atomic E-state index is 0.115. The van der Waals surface area contributed by atoms with Crippen LogP contribution in [0.25, 0.3) is 5.70 Å². The fraction of sp³-hybridized carbons (Fsp3) is 0.250. The van der Waals surface area contributed by atoms with Crippen molar-refractivity contribution >= 4 is 21.6 Å². The molecule has 1 aliphatic carbocycles. The van der Waals surface area contributed by atoms with Crippen LogP contribution in [-0.2, 0) is 16.4 Å². The Hall–Kier alpha value is -2.64. The van der Waals surface area contributed by atoms with Gasteiger partial charge in [-0.1, -0.05) is 50.3 Å². The molecule has 6 nitrogen and oxygen atoms in total. The number of amides is 1. The second-order valence-corrected chi connectivity index (χ2v) is 8.11. The summed E-state index contributed by atoms with van der Waals surface area (Å²) in [6.07, 6.45) is 2.82. The van der Waals surface area contributed by atoms with Gasteiger partial charge in [-0.2, -0.15) is 4.31 Å². The van der Waals surface area contributed by atoms with Crippen molar-refractivity contribution in [2.75, 3.05) is 13.1 Å². The van der Waals surface area contributed by atoms with Gasteiger partial charge in [0.15, 0.2) is 0 Å². The largest absolute Gasteiger partial charge is 0.298 e. The number of carbonyl (C=O) groups excluding carboxylic acids is 1. The zero-order valence-electron chi connectivity index (χ0n) is 15.4. The predicted molar refractivity (Wildman–Crippen MR) is 105 cm³/mol. The summed E-state index contributed by atoms with van der Waals surface area (Å²) < 4.78 is 26.6. The third kappa shape index (κ3) is 3.89. The van der Waals surface area contributed by atoms with Gasteiger partial charge in [0.1, 0.15) is 0 Å². The summed E-state index contributed by atoms with van der Waals surface area (Å²) in [7, 11) is -3.61. The van der Waals surface area contributed by atoms with Gasteiger partial charge in [0.2, 0.25) is 10.0 Å². The number of nitrogens with one attached hydrogen (secondary N) is 2. The Morgan fingerprint density at radius 3 is 2.56 bits per heavy atom. The van der Waals surface area contributed by atoms with Crippen LogP contribution in [0.15, 0.2) is 59.5 Å². The van der Waals surface area contributed by atoms with E-state index < -0.39 is 15.9 Å². The van der Waals surface area contributed by atoms with Crippen molar-refractivity contribution in [2.45, 2.75) is 25.2 Å². The molecular formula is C20H23N3O3S. The highest BCUT2D eigenvalue weighted by Gasteiger charge is 2.22. The first-order valence-electron chi connectivity index (χ1n) is 8.92. The molecule has 0 heterocycles. The Morgan fingerprint density at radius 1 is 1.07 bits per heavy atom. The monoisotopic (exact) mass is 385 g/mol. The van der Waals surface area contributed by atoms with Gasteiger partial charge in [-0.05, 0) is 30.2 Å². The standard InChI is InChI=1S/C20H23N3O3S/c1-3-23(4-2)27(25,26)17-10-7-9-16(14-17)20(24)22-21-19-13-12-15-8-5-6-11-18(15)19/h5-11,13-14,21H,3-4,12H2,1-2H3,(H,22,24). The summed E-state index contributed by atoms with van der Waals surface area (Å²) in [5, 5.41) is 0. The van der Waals surface area contributed by atoms with Gasteiger partial charge in [-0.25, -0.2) is 8.42 Å². The minimum Gasteiger partial charge on any atom is -0.298 e. The molecule has 1 amide bonds. The first-order valence-corrected chi connectivity index (χ1v) is 10.4. The SMILES string of the molecule is CCN(CC)S(=O)(=O)c1cccc(C(=O)NNC2=CCc3ccccc32)c1. The van der Waals surface area contributed by atoms with Crippen LogP contribution in [-0.4, -0.2) is 31.7 Å². The maximum Gasteiger partial charge on any atom is 0.269 e. The topological polar surface area (TPSA) is 78.5 Å². The number of hydrogen-bond acceptors (Lipinski definition) is 4. The number of hydrazine groups is 1. The molecule has 0 aliphatic heterocycles. The Labute approximate surface area is 159 Å². The van der Waals surface area contributed by atoms with Crippen molar-refractivity contribution in [1.29, 1.82) is 0 Å². The first kappa shape index (κ1) is 19.1. The van der Waals surface area contributed by atoms with Gasteiger partial charge in [-0.3, -0.25) is 15.6 Å². The van der Waals surface area contributed by atoms with Crippen molar-refractivity contribution in [1.82, 2.24) is 15.2 Å². The van der Waals surface area contributed by atoms with Crippen LogP contribution in [0, 0.1) is 0 Å². The van der Waals surface area contributed by atoms with E-state index in [0.717, 1.165) is 17.7 Å². The van der Waals surface area contributed by atoms with E-state index in [2.05, 4.69) is 10.9 Å². The number of benzene rings is 2. The van der Waals surface area contributed by atoms with Gasteiger partial charge in [-0.15, -0.1) is 0 Å². The van der Waals surface area contributed by atoms with Gasteiger partial charge in [0, 0.05) is 24.2 Å². The molecule has 0 atom stereocenters. The van der Waals surface area contributed by atoms with E-state index in [4.69, 9.17) is 0 Å². The highest BCUT2D eigenvalue weighted by molar-refractivity contribution is 7.89. The smallest absolute Gasteiger partial charge is 0.269 e. The molecule has 2 N–H and O–H groups in total. The van der Waals surface area contributed by atoms with E-state index in [-0.39, 0.29) is 10.5 Å². The number of hydrogen-bond donors (Lipinski definition) is 2. The number of allylic oxidation sites excluding steroid dienone is 1. The van der Waals surface area contributed by atoms with E-state index in [0.29, 0.717) is 13.1 Å². The summed E-state index contributed by atoms with van der Waals surface area (Å²) in [5.41, 5.74) is 8.96. The van der Waals surface area contributed by atoms with Crippen LogP contribution < -0.4 is 10.9 Å². The molecule has 0 bridgehead atoms. The predicted octanol–water partition coefficient (Wildman–Crippen LogP) is 2.55. The van der Waals surface area contributed by atoms with Crippen LogP contribution in [0.2, 0.25) is 0 Å². The summed E-state index contributed by atoms with van der Waals surface area (Å²) >= 11 is 0. The molecular weight excluding hydrogens is 362 g/mol. The molecule has 0 unspecified atom stereocenters. The molecule has 0 spiro atoms. The summed E-state index contributed by atoms with van der Waals surface area (Å²) in [5.74, 6) is -0.392. The second kappa shape index (κ2) is 7.94. The van der Waals surface area contributed by atoms with Gasteiger partial charge in [0.05, 0.1) is 10.6 Å². The highest BCUT2D eigenvalue weighted by atomic mass is 32.2. The molecule has 2 aromatic rings. The molecule has 1 aliphatic rings. The average Bonchev–Trinajstić information content (AvgIpc) is 3.10. The third-order valence-electron chi connectivity index (χ3n) is 4.58. The molecule has 0 aromatic heterocycles. The van der Waals surface area contributed by atoms with Crippen LogP contribution in [0.3, 0.4) is 0 Å². The van der Waals surface area contributed by atoms with E-state index in [1.165, 1.54) is 22.0 Å². The summed E-state index contributed by atoms with van der Waals surface area (Å²) in [6, 6.07) is 14.0. The number of fused-ring (bicyclic) bond motifs is 1. The van der Waals surface area contributed by atoms with Crippen LogP contribution in [0.4, 0.5) is 0 Å². The minimum atomic E-state index is -3.61. The van der Waals surface area contributed by atoms with Crippen molar-refractivity contribution < 1.29 is 13.2 Å². The number of nitrogens with zero attached hydrogens (tertiary/aromatic N) is 1. The summed E-state index contributed by atoms with van der Waals surface area (Å²) in [6.45, 7) is 4.33. The van der Waals surface area contributed by atoms with Crippen LogP contribution in [0.1, 0.15) is 35.3 Å². The highest BCUT2D eigenvalue weighted by Crippen LogP contribution is 2.24. The molecule has 3 rings (SSSR count).